The van der Waals surface area contributed by atoms with Gasteiger partial charge in [0.2, 0.25) is 0 Å². The third kappa shape index (κ3) is 2.36. The average Bonchev–Trinajstić information content (AvgIpc) is 2.34. The Morgan fingerprint density at radius 1 is 1.00 bits per heavy atom. The molecule has 90 valence electrons. The largest absolute Gasteiger partial charge is 0.354 e. The van der Waals surface area contributed by atoms with Crippen molar-refractivity contribution in [2.75, 3.05) is 5.32 Å². The van der Waals surface area contributed by atoms with Crippen molar-refractivity contribution in [1.82, 2.24) is 0 Å². The Hall–Kier alpha value is -2.27. The number of nitriles is 1. The second-order valence-electron chi connectivity index (χ2n) is 4.55. The number of nitrogens with one attached hydrogen (secondary N) is 1. The molecule has 0 amide bonds. The molecule has 0 aromatic heterocycles. The molecule has 2 aromatic carbocycles. The van der Waals surface area contributed by atoms with Crippen LogP contribution < -0.4 is 5.32 Å². The molecule has 0 saturated carbocycles. The van der Waals surface area contributed by atoms with E-state index in [0.717, 1.165) is 16.9 Å². The molecule has 2 aromatic rings. The summed E-state index contributed by atoms with van der Waals surface area (Å²) in [6, 6.07) is 14.2. The van der Waals surface area contributed by atoms with Crippen molar-refractivity contribution in [1.29, 1.82) is 5.26 Å². The van der Waals surface area contributed by atoms with Gasteiger partial charge in [-0.25, -0.2) is 0 Å². The van der Waals surface area contributed by atoms with Crippen LogP contribution in [0.15, 0.2) is 36.4 Å². The highest BCUT2D eigenvalue weighted by Crippen LogP contribution is 2.26. The monoisotopic (exact) mass is 236 g/mol. The van der Waals surface area contributed by atoms with Gasteiger partial charge < -0.3 is 5.32 Å². The first-order chi connectivity index (χ1) is 8.61. The zero-order valence-corrected chi connectivity index (χ0v) is 10.9. The van der Waals surface area contributed by atoms with Crippen LogP contribution in [0, 0.1) is 32.1 Å². The summed E-state index contributed by atoms with van der Waals surface area (Å²) in [6.45, 7) is 6.15. The van der Waals surface area contributed by atoms with Gasteiger partial charge in [-0.3, -0.25) is 0 Å². The van der Waals surface area contributed by atoms with Crippen molar-refractivity contribution in [3.63, 3.8) is 0 Å². The molecule has 2 heteroatoms. The lowest BCUT2D eigenvalue weighted by Gasteiger charge is -2.13. The first kappa shape index (κ1) is 12.2. The molecule has 1 N–H and O–H groups in total. The zero-order chi connectivity index (χ0) is 13.1. The van der Waals surface area contributed by atoms with Gasteiger partial charge in [0.15, 0.2) is 0 Å². The maximum Gasteiger partial charge on any atom is 0.101 e. The van der Waals surface area contributed by atoms with E-state index < -0.39 is 0 Å². The van der Waals surface area contributed by atoms with Gasteiger partial charge in [0, 0.05) is 5.69 Å². The van der Waals surface area contributed by atoms with Crippen molar-refractivity contribution in [2.24, 2.45) is 0 Å². The number of hydrogen-bond donors (Lipinski definition) is 1. The van der Waals surface area contributed by atoms with Gasteiger partial charge in [-0.05, 0) is 44.0 Å². The first-order valence-electron chi connectivity index (χ1n) is 5.96. The second-order valence-corrected chi connectivity index (χ2v) is 4.55. The van der Waals surface area contributed by atoms with Crippen LogP contribution in [0.4, 0.5) is 11.4 Å². The van der Waals surface area contributed by atoms with Crippen molar-refractivity contribution in [2.45, 2.75) is 20.8 Å². The third-order valence-corrected chi connectivity index (χ3v) is 3.03. The summed E-state index contributed by atoms with van der Waals surface area (Å²) >= 11 is 0. The lowest BCUT2D eigenvalue weighted by atomic mass is 10.1. The second kappa shape index (κ2) is 4.93. The van der Waals surface area contributed by atoms with Gasteiger partial charge in [-0.2, -0.15) is 5.26 Å². The molecule has 0 aliphatic rings. The van der Waals surface area contributed by atoms with Gasteiger partial charge in [-0.1, -0.05) is 29.8 Å². The Labute approximate surface area is 108 Å². The van der Waals surface area contributed by atoms with Crippen molar-refractivity contribution < 1.29 is 0 Å². The summed E-state index contributed by atoms with van der Waals surface area (Å²) in [7, 11) is 0. The number of anilines is 2. The molecule has 0 fully saturated rings. The number of hydrogen-bond acceptors (Lipinski definition) is 2. The Balaban J connectivity index is 2.43. The molecule has 0 bridgehead atoms. The van der Waals surface area contributed by atoms with E-state index in [1.165, 1.54) is 11.1 Å². The lowest BCUT2D eigenvalue weighted by molar-refractivity contribution is 1.34. The highest BCUT2D eigenvalue weighted by molar-refractivity contribution is 5.71. The fourth-order valence-electron chi connectivity index (χ4n) is 2.02. The number of nitrogens with zero attached hydrogens (tertiary/aromatic N) is 1. The van der Waals surface area contributed by atoms with E-state index in [1.54, 1.807) is 0 Å². The maximum atomic E-state index is 9.14. The van der Waals surface area contributed by atoms with Gasteiger partial charge in [0.1, 0.15) is 6.07 Å². The maximum absolute atomic E-state index is 9.14. The SMILES string of the molecule is Cc1ccc(Nc2c(C)cccc2C#N)c(C)c1. The molecule has 2 nitrogen and oxygen atoms in total. The highest BCUT2D eigenvalue weighted by Gasteiger charge is 2.06. The molecule has 0 heterocycles. The third-order valence-electron chi connectivity index (χ3n) is 3.03. The van der Waals surface area contributed by atoms with Crippen LogP contribution in [-0.2, 0) is 0 Å². The zero-order valence-electron chi connectivity index (χ0n) is 10.9. The summed E-state index contributed by atoms with van der Waals surface area (Å²) in [5.74, 6) is 0. The number of para-hydroxylation sites is 1. The molecule has 0 aliphatic carbocycles. The van der Waals surface area contributed by atoms with Crippen LogP contribution in [0.5, 0.6) is 0 Å². The standard InChI is InChI=1S/C16H16N2/c1-11-7-8-15(13(3)9-11)18-16-12(2)5-4-6-14(16)10-17/h4-9,18H,1-3H3. The number of aryl methyl sites for hydroxylation is 3. The molecule has 0 atom stereocenters. The van der Waals surface area contributed by atoms with Gasteiger partial charge in [-0.15, -0.1) is 0 Å². The van der Waals surface area contributed by atoms with E-state index in [9.17, 15) is 0 Å². The summed E-state index contributed by atoms with van der Waals surface area (Å²) in [4.78, 5) is 0. The van der Waals surface area contributed by atoms with Gasteiger partial charge in [0.25, 0.3) is 0 Å². The van der Waals surface area contributed by atoms with Crippen LogP contribution in [0.2, 0.25) is 0 Å². The van der Waals surface area contributed by atoms with E-state index >= 15 is 0 Å². The lowest BCUT2D eigenvalue weighted by Crippen LogP contribution is -1.98. The van der Waals surface area contributed by atoms with Crippen LogP contribution in [0.1, 0.15) is 22.3 Å². The van der Waals surface area contributed by atoms with Gasteiger partial charge in [0.05, 0.1) is 11.3 Å². The first-order valence-corrected chi connectivity index (χ1v) is 5.96. The van der Waals surface area contributed by atoms with E-state index in [0.29, 0.717) is 5.56 Å². The Morgan fingerprint density at radius 3 is 2.44 bits per heavy atom. The molecule has 0 aliphatic heterocycles. The van der Waals surface area contributed by atoms with Gasteiger partial charge >= 0.3 is 0 Å². The molecule has 0 radical (unpaired) electrons. The minimum Gasteiger partial charge on any atom is -0.354 e. The average molecular weight is 236 g/mol. The van der Waals surface area contributed by atoms with Crippen LogP contribution in [0.3, 0.4) is 0 Å². The smallest absolute Gasteiger partial charge is 0.101 e. The van der Waals surface area contributed by atoms with Crippen molar-refractivity contribution in [3.05, 3.63) is 58.7 Å². The van der Waals surface area contributed by atoms with E-state index in [1.807, 2.05) is 25.1 Å². The molecule has 0 unspecified atom stereocenters. The van der Waals surface area contributed by atoms with Crippen LogP contribution >= 0.6 is 0 Å². The molecule has 0 spiro atoms. The van der Waals surface area contributed by atoms with E-state index in [-0.39, 0.29) is 0 Å². The Kier molecular flexibility index (Phi) is 3.34. The Bertz CT molecular complexity index is 621. The minimum atomic E-state index is 0.676. The predicted octanol–water partition coefficient (Wildman–Crippen LogP) is 4.23. The van der Waals surface area contributed by atoms with Crippen LogP contribution in [-0.4, -0.2) is 0 Å². The van der Waals surface area contributed by atoms with E-state index in [4.69, 9.17) is 5.26 Å². The summed E-state index contributed by atoms with van der Waals surface area (Å²) in [5, 5.41) is 12.5. The Morgan fingerprint density at radius 2 is 1.78 bits per heavy atom. The molecular weight excluding hydrogens is 220 g/mol. The molecule has 0 saturated heterocycles. The highest BCUT2D eigenvalue weighted by atomic mass is 14.9. The summed E-state index contributed by atoms with van der Waals surface area (Å²) in [5.41, 5.74) is 6.12. The fraction of sp³-hybridized carbons (Fsp3) is 0.188. The normalized spacial score (nSPS) is 9.89. The number of benzene rings is 2. The minimum absolute atomic E-state index is 0.676. The van der Waals surface area contributed by atoms with Crippen molar-refractivity contribution >= 4 is 11.4 Å². The quantitative estimate of drug-likeness (QED) is 0.847. The van der Waals surface area contributed by atoms with Crippen LogP contribution in [0.25, 0.3) is 0 Å². The van der Waals surface area contributed by atoms with Crippen molar-refractivity contribution in [3.8, 4) is 6.07 Å². The summed E-state index contributed by atoms with van der Waals surface area (Å²) in [6.07, 6.45) is 0. The summed E-state index contributed by atoms with van der Waals surface area (Å²) < 4.78 is 0. The topological polar surface area (TPSA) is 35.8 Å². The fourth-order valence-corrected chi connectivity index (χ4v) is 2.02. The van der Waals surface area contributed by atoms with E-state index in [2.05, 4.69) is 43.4 Å². The number of rotatable bonds is 2. The predicted molar refractivity (Wildman–Crippen MR) is 75.1 cm³/mol. The molecular formula is C16H16N2. The molecule has 18 heavy (non-hydrogen) atoms. The molecule has 2 rings (SSSR count).